The molecule has 0 radical (unpaired) electrons. The largest absolute Gasteiger partial charge is 0.286 e. The predicted molar refractivity (Wildman–Crippen MR) is 39.4 cm³/mol. The van der Waals surface area contributed by atoms with E-state index in [1.54, 1.807) is 0 Å². The second-order valence-electron chi connectivity index (χ2n) is 2.08. The molecule has 0 aliphatic carbocycles. The molecular formula is C5H7BrOS. The van der Waals surface area contributed by atoms with Crippen LogP contribution in [-0.2, 0) is 4.79 Å². The van der Waals surface area contributed by atoms with Crippen molar-refractivity contribution < 1.29 is 4.79 Å². The second-order valence-corrected chi connectivity index (χ2v) is 4.90. The van der Waals surface area contributed by atoms with Crippen molar-refractivity contribution in [1.82, 2.24) is 0 Å². The van der Waals surface area contributed by atoms with Crippen LogP contribution in [0.5, 0.6) is 0 Å². The van der Waals surface area contributed by atoms with Gasteiger partial charge in [-0.3, -0.25) is 4.79 Å². The number of hydrogen-bond acceptors (Lipinski definition) is 2. The summed E-state index contributed by atoms with van der Waals surface area (Å²) in [6.07, 6.45) is 0.969. The molecule has 46 valence electrons. The van der Waals surface area contributed by atoms with Gasteiger partial charge >= 0.3 is 0 Å². The van der Waals surface area contributed by atoms with Gasteiger partial charge in [0.15, 0.2) is 0 Å². The molecule has 1 nitrogen and oxygen atoms in total. The summed E-state index contributed by atoms with van der Waals surface area (Å²) in [4.78, 5) is 10.8. The predicted octanol–water partition coefficient (Wildman–Crippen LogP) is 1.80. The monoisotopic (exact) mass is 194 g/mol. The van der Waals surface area contributed by atoms with Gasteiger partial charge in [-0.25, -0.2) is 0 Å². The van der Waals surface area contributed by atoms with Gasteiger partial charge in [-0.2, -0.15) is 0 Å². The molecule has 1 aliphatic heterocycles. The Morgan fingerprint density at radius 1 is 1.88 bits per heavy atom. The van der Waals surface area contributed by atoms with Gasteiger partial charge in [0.2, 0.25) is 5.12 Å². The molecule has 1 aliphatic rings. The molecule has 0 aromatic carbocycles. The Labute approximate surface area is 61.3 Å². The van der Waals surface area contributed by atoms with Gasteiger partial charge < -0.3 is 0 Å². The Morgan fingerprint density at radius 3 is 2.62 bits per heavy atom. The molecule has 8 heavy (non-hydrogen) atoms. The molecular weight excluding hydrogens is 188 g/mol. The average Bonchev–Trinajstić information content (AvgIpc) is 1.86. The maximum absolute atomic E-state index is 10.8. The highest BCUT2D eigenvalue weighted by molar-refractivity contribution is 9.10. The molecule has 1 rings (SSSR count). The fourth-order valence-corrected chi connectivity index (χ4v) is 2.49. The van der Waals surface area contributed by atoms with Gasteiger partial charge in [0, 0.05) is 5.75 Å². The summed E-state index contributed by atoms with van der Waals surface area (Å²) < 4.78 is -0.211. The Balaban J connectivity index is 2.68. The minimum absolute atomic E-state index is 0.211. The third-order valence-corrected chi connectivity index (χ3v) is 3.37. The van der Waals surface area contributed by atoms with Crippen LogP contribution >= 0.6 is 27.7 Å². The quantitative estimate of drug-likeness (QED) is 0.548. The van der Waals surface area contributed by atoms with Crippen LogP contribution < -0.4 is 0 Å². The van der Waals surface area contributed by atoms with Crippen molar-refractivity contribution in [1.29, 1.82) is 0 Å². The summed E-state index contributed by atoms with van der Waals surface area (Å²) in [7, 11) is 0. The van der Waals surface area contributed by atoms with Crippen LogP contribution in [0.2, 0.25) is 0 Å². The van der Waals surface area contributed by atoms with Crippen LogP contribution in [0.25, 0.3) is 0 Å². The molecule has 1 atom stereocenters. The van der Waals surface area contributed by atoms with E-state index < -0.39 is 0 Å². The molecule has 1 saturated heterocycles. The van der Waals surface area contributed by atoms with Crippen LogP contribution in [0.4, 0.5) is 0 Å². The van der Waals surface area contributed by atoms with Gasteiger partial charge in [0.1, 0.15) is 0 Å². The van der Waals surface area contributed by atoms with E-state index in [4.69, 9.17) is 0 Å². The van der Waals surface area contributed by atoms with Crippen molar-refractivity contribution in [2.45, 2.75) is 17.7 Å². The van der Waals surface area contributed by atoms with Crippen LogP contribution in [0.1, 0.15) is 13.3 Å². The number of carbonyl (C=O) groups excluding carboxylic acids is 1. The molecule has 0 bridgehead atoms. The number of carbonyl (C=O) groups is 1. The topological polar surface area (TPSA) is 17.1 Å². The van der Waals surface area contributed by atoms with Crippen molar-refractivity contribution in [3.05, 3.63) is 0 Å². The minimum atomic E-state index is -0.211. The Hall–Kier alpha value is 0.500. The number of hydrogen-bond donors (Lipinski definition) is 0. The normalized spacial score (nSPS) is 38.5. The highest BCUT2D eigenvalue weighted by atomic mass is 79.9. The molecule has 1 fully saturated rings. The van der Waals surface area contributed by atoms with Crippen molar-refractivity contribution in [2.75, 3.05) is 5.75 Å². The first-order valence-corrected chi connectivity index (χ1v) is 4.27. The number of thioether (sulfide) groups is 1. The fourth-order valence-electron chi connectivity index (χ4n) is 0.588. The van der Waals surface area contributed by atoms with Crippen molar-refractivity contribution >= 4 is 32.8 Å². The maximum atomic E-state index is 10.8. The van der Waals surface area contributed by atoms with Gasteiger partial charge in [-0.15, -0.1) is 0 Å². The average molecular weight is 195 g/mol. The van der Waals surface area contributed by atoms with E-state index >= 15 is 0 Å². The first kappa shape index (κ1) is 6.62. The first-order chi connectivity index (χ1) is 3.63. The van der Waals surface area contributed by atoms with Crippen molar-refractivity contribution in [2.24, 2.45) is 0 Å². The molecule has 0 N–H and O–H groups in total. The Morgan fingerprint density at radius 2 is 2.50 bits per heavy atom. The number of halogens is 1. The lowest BCUT2D eigenvalue weighted by Gasteiger charge is -2.08. The molecule has 0 aromatic rings. The summed E-state index contributed by atoms with van der Waals surface area (Å²) in [6.45, 7) is 1.93. The van der Waals surface area contributed by atoms with Crippen LogP contribution in [0, 0.1) is 0 Å². The zero-order chi connectivity index (χ0) is 6.20. The van der Waals surface area contributed by atoms with Crippen molar-refractivity contribution in [3.63, 3.8) is 0 Å². The minimum Gasteiger partial charge on any atom is -0.286 e. The van der Waals surface area contributed by atoms with Gasteiger partial charge in [-0.1, -0.05) is 27.7 Å². The third kappa shape index (κ3) is 1.08. The van der Waals surface area contributed by atoms with Gasteiger partial charge in [0.05, 0.1) is 4.32 Å². The summed E-state index contributed by atoms with van der Waals surface area (Å²) in [6, 6.07) is 0. The molecule has 0 spiro atoms. The lowest BCUT2D eigenvalue weighted by Crippen LogP contribution is -2.18. The van der Waals surface area contributed by atoms with Crippen LogP contribution in [0.3, 0.4) is 0 Å². The third-order valence-electron chi connectivity index (χ3n) is 1.23. The summed E-state index contributed by atoms with van der Waals surface area (Å²) in [5.41, 5.74) is 0. The van der Waals surface area contributed by atoms with E-state index in [0.717, 1.165) is 12.2 Å². The van der Waals surface area contributed by atoms with E-state index in [9.17, 15) is 4.79 Å². The highest BCUT2D eigenvalue weighted by Gasteiger charge is 2.35. The molecule has 1 heterocycles. The highest BCUT2D eigenvalue weighted by Crippen LogP contribution is 2.36. The second kappa shape index (κ2) is 2.03. The molecule has 0 amide bonds. The molecule has 1 unspecified atom stereocenters. The Kier molecular flexibility index (Phi) is 1.68. The van der Waals surface area contributed by atoms with E-state index in [2.05, 4.69) is 15.9 Å². The van der Waals surface area contributed by atoms with E-state index in [0.29, 0.717) is 0 Å². The van der Waals surface area contributed by atoms with Crippen LogP contribution in [0.15, 0.2) is 0 Å². The lowest BCUT2D eigenvalue weighted by atomic mass is 10.1. The van der Waals surface area contributed by atoms with Gasteiger partial charge in [0.25, 0.3) is 0 Å². The zero-order valence-electron chi connectivity index (χ0n) is 4.61. The summed E-state index contributed by atoms with van der Waals surface area (Å²) in [5.74, 6) is 0.973. The van der Waals surface area contributed by atoms with Crippen LogP contribution in [-0.4, -0.2) is 15.2 Å². The molecule has 3 heteroatoms. The van der Waals surface area contributed by atoms with E-state index in [1.807, 2.05) is 6.92 Å². The Bertz CT molecular complexity index is 122. The summed E-state index contributed by atoms with van der Waals surface area (Å²) in [5, 5.41) is 0.275. The maximum Gasteiger partial charge on any atom is 0.205 e. The fraction of sp³-hybridized carbons (Fsp3) is 0.800. The number of rotatable bonds is 0. The molecule has 0 aromatic heterocycles. The van der Waals surface area contributed by atoms with Crippen molar-refractivity contribution in [3.8, 4) is 0 Å². The lowest BCUT2D eigenvalue weighted by molar-refractivity contribution is -0.112. The summed E-state index contributed by atoms with van der Waals surface area (Å²) >= 11 is 4.76. The molecule has 0 saturated carbocycles. The first-order valence-electron chi connectivity index (χ1n) is 2.49. The zero-order valence-corrected chi connectivity index (χ0v) is 7.01. The SMILES string of the molecule is CC1(Br)CCSC1=O. The standard InChI is InChI=1S/C5H7BrOS/c1-5(6)2-3-8-4(5)7/h2-3H2,1H3. The van der Waals surface area contributed by atoms with Gasteiger partial charge in [-0.05, 0) is 13.3 Å². The smallest absolute Gasteiger partial charge is 0.205 e. The number of alkyl halides is 1. The van der Waals surface area contributed by atoms with E-state index in [-0.39, 0.29) is 9.44 Å². The van der Waals surface area contributed by atoms with E-state index in [1.165, 1.54) is 11.8 Å².